The van der Waals surface area contributed by atoms with Crippen LogP contribution in [0.2, 0.25) is 0 Å². The van der Waals surface area contributed by atoms with E-state index in [0.717, 1.165) is 106 Å². The lowest BCUT2D eigenvalue weighted by atomic mass is 9.99. The number of halogens is 1. The highest BCUT2D eigenvalue weighted by atomic mass is 79.9. The Balaban J connectivity index is 0.000000124. The van der Waals surface area contributed by atoms with Gasteiger partial charge in [0.1, 0.15) is 0 Å². The zero-order valence-electron chi connectivity index (χ0n) is 57.0. The van der Waals surface area contributed by atoms with Gasteiger partial charge in [-0.15, -0.1) is 0 Å². The van der Waals surface area contributed by atoms with E-state index in [1.165, 1.54) is 65.6 Å². The topological polar surface area (TPSA) is 82.1 Å². The molecular formula is C96H65BrN8. The van der Waals surface area contributed by atoms with Gasteiger partial charge in [0.15, 0.2) is 11.6 Å². The van der Waals surface area contributed by atoms with Gasteiger partial charge in [-0.1, -0.05) is 283 Å². The van der Waals surface area contributed by atoms with Crippen LogP contribution in [-0.4, -0.2) is 38.6 Å². The molecule has 9 heteroatoms. The fraction of sp³-hybridized carbons (Fsp3) is 0. The number of aromatic amines is 1. The third-order valence-electron chi connectivity index (χ3n) is 19.5. The summed E-state index contributed by atoms with van der Waals surface area (Å²) in [5, 5.41) is 7.47. The van der Waals surface area contributed by atoms with Crippen LogP contribution in [0.4, 0.5) is 0 Å². The summed E-state index contributed by atoms with van der Waals surface area (Å²) in [4.78, 5) is 23.7. The van der Waals surface area contributed by atoms with E-state index in [1.54, 1.807) is 0 Å². The van der Waals surface area contributed by atoms with E-state index < -0.39 is 0 Å². The summed E-state index contributed by atoms with van der Waals surface area (Å²) in [6, 6.07) is 131. The molecule has 20 rings (SSSR count). The first-order valence-corrected chi connectivity index (χ1v) is 36.0. The van der Waals surface area contributed by atoms with Crippen molar-refractivity contribution >= 4 is 81.3 Å². The Morgan fingerprint density at radius 1 is 0.238 bits per heavy atom. The van der Waals surface area contributed by atoms with Gasteiger partial charge in [-0.25, -0.2) is 19.9 Å². The van der Waals surface area contributed by atoms with Gasteiger partial charge in [0, 0.05) is 105 Å². The van der Waals surface area contributed by atoms with Crippen molar-refractivity contribution in [3.63, 3.8) is 0 Å². The summed E-state index contributed by atoms with van der Waals surface area (Å²) in [5.74, 6) is 1.42. The van der Waals surface area contributed by atoms with Crippen molar-refractivity contribution in [1.82, 2.24) is 38.6 Å². The van der Waals surface area contributed by atoms with E-state index in [-0.39, 0.29) is 0 Å². The third kappa shape index (κ3) is 12.6. The summed E-state index contributed by atoms with van der Waals surface area (Å²) in [7, 11) is 0. The lowest BCUT2D eigenvalue weighted by molar-refractivity contribution is 1.13. The minimum absolute atomic E-state index is 0.699. The van der Waals surface area contributed by atoms with Crippen molar-refractivity contribution in [3.8, 4) is 107 Å². The van der Waals surface area contributed by atoms with Crippen molar-refractivity contribution in [2.75, 3.05) is 0 Å². The smallest absolute Gasteiger partial charge is 0.160 e. The highest BCUT2D eigenvalue weighted by Gasteiger charge is 2.21. The van der Waals surface area contributed by atoms with Gasteiger partial charge in [-0.3, -0.25) is 0 Å². The van der Waals surface area contributed by atoms with E-state index in [2.05, 4.69) is 338 Å². The van der Waals surface area contributed by atoms with Crippen LogP contribution < -0.4 is 0 Å². The summed E-state index contributed by atoms with van der Waals surface area (Å²) in [6.45, 7) is 0. The fourth-order valence-electron chi connectivity index (χ4n) is 14.5. The Labute approximate surface area is 615 Å². The van der Waals surface area contributed by atoms with Crippen molar-refractivity contribution in [3.05, 3.63) is 393 Å². The van der Waals surface area contributed by atoms with E-state index in [0.29, 0.717) is 5.82 Å². The van der Waals surface area contributed by atoms with E-state index in [4.69, 9.17) is 19.9 Å². The summed E-state index contributed by atoms with van der Waals surface area (Å²) < 4.78 is 7.97. The zero-order valence-corrected chi connectivity index (χ0v) is 58.5. The maximum atomic E-state index is 5.24. The van der Waals surface area contributed by atoms with Crippen LogP contribution in [-0.2, 0) is 0 Å². The maximum Gasteiger partial charge on any atom is 0.160 e. The predicted octanol–water partition coefficient (Wildman–Crippen LogP) is 25.4. The standard InChI is InChI=1S/C48H32N4.C28H19BrN2.C20H14N2/c1-5-15-33(16-6-1)36-29-37(44-32-43(34-17-7-2-8-18-34)49-48(50-44)35-19-9-3-10-20-35)31-39(30-36)52-46-24-14-13-23-40(46)41-25-26-45-42(47(41)52)27-28-51(45)38-21-11-4-12-22-38;29-25-17-23(20-10-4-1-5-11-20)16-24(18-25)27-19-26(21-12-6-2-7-13-21)30-28(31-27)22-14-8-3-9-15-22;1-2-6-14(7-3-1)22-13-12-17-19(22)11-10-16-15-8-4-5-9-18(15)21-20(16)17/h1-32H;1-19H;1-13,21H. The van der Waals surface area contributed by atoms with Gasteiger partial charge >= 0.3 is 0 Å². The quantitative estimate of drug-likeness (QED) is 0.140. The van der Waals surface area contributed by atoms with E-state index in [1.807, 2.05) is 84.9 Å². The van der Waals surface area contributed by atoms with Crippen molar-refractivity contribution in [2.24, 2.45) is 0 Å². The minimum atomic E-state index is 0.699. The Kier molecular flexibility index (Phi) is 17.0. The number of H-pyrrole nitrogens is 1. The number of fused-ring (bicyclic) bond motifs is 10. The fourth-order valence-corrected chi connectivity index (χ4v) is 15.0. The molecule has 14 aromatic carbocycles. The molecule has 6 aromatic heterocycles. The molecule has 0 bridgehead atoms. The van der Waals surface area contributed by atoms with Gasteiger partial charge in [0.05, 0.1) is 50.4 Å². The lowest BCUT2D eigenvalue weighted by Gasteiger charge is -2.15. The molecule has 1 N–H and O–H groups in total. The van der Waals surface area contributed by atoms with Crippen LogP contribution in [0.5, 0.6) is 0 Å². The predicted molar refractivity (Wildman–Crippen MR) is 439 cm³/mol. The van der Waals surface area contributed by atoms with Crippen molar-refractivity contribution in [1.29, 1.82) is 0 Å². The van der Waals surface area contributed by atoms with Crippen molar-refractivity contribution in [2.45, 2.75) is 0 Å². The van der Waals surface area contributed by atoms with Crippen LogP contribution in [0.15, 0.2) is 393 Å². The molecular weight excluding hydrogens is 1350 g/mol. The second kappa shape index (κ2) is 28.1. The minimum Gasteiger partial charge on any atom is -0.354 e. The molecule has 0 unspecified atom stereocenters. The molecule has 496 valence electrons. The number of hydrogen-bond donors (Lipinski definition) is 1. The van der Waals surface area contributed by atoms with Gasteiger partial charge in [0.2, 0.25) is 0 Å². The van der Waals surface area contributed by atoms with Crippen molar-refractivity contribution < 1.29 is 0 Å². The molecule has 0 radical (unpaired) electrons. The molecule has 6 heterocycles. The molecule has 0 aliphatic heterocycles. The SMILES string of the molecule is Brc1cc(-c2ccccc2)cc(-c2cc(-c3ccccc3)nc(-c3ccccc3)n2)c1.c1ccc(-c2cc(-c3cc(-c4ccccc4)nc(-c4ccccc4)n3)cc(-n3c4ccccc4c4ccc5c(ccn5-c5ccccc5)c43)c2)cc1.c1ccc(-n2ccc3c4[nH]c5ccccc5c4ccc32)cc1. The molecule has 105 heavy (non-hydrogen) atoms. The number of nitrogens with zero attached hydrogens (tertiary/aromatic N) is 7. The molecule has 0 saturated carbocycles. The van der Waals surface area contributed by atoms with Crippen LogP contribution in [0, 0.1) is 0 Å². The third-order valence-corrected chi connectivity index (χ3v) is 19.9. The summed E-state index contributed by atoms with van der Waals surface area (Å²) in [6.07, 6.45) is 4.33. The molecule has 0 fully saturated rings. The Bertz CT molecular complexity index is 6380. The Morgan fingerprint density at radius 2 is 0.619 bits per heavy atom. The molecule has 20 aromatic rings. The molecule has 8 nitrogen and oxygen atoms in total. The number of nitrogens with one attached hydrogen (secondary N) is 1. The van der Waals surface area contributed by atoms with Crippen LogP contribution in [0.25, 0.3) is 173 Å². The monoisotopic (exact) mass is 1410 g/mol. The molecule has 0 aliphatic carbocycles. The Morgan fingerprint density at radius 3 is 1.14 bits per heavy atom. The number of para-hydroxylation sites is 4. The molecule has 0 aliphatic rings. The number of hydrogen-bond acceptors (Lipinski definition) is 4. The zero-order chi connectivity index (χ0) is 70.0. The first-order valence-electron chi connectivity index (χ1n) is 35.2. The summed E-state index contributed by atoms with van der Waals surface area (Å²) >= 11 is 3.69. The van der Waals surface area contributed by atoms with Gasteiger partial charge in [-0.2, -0.15) is 0 Å². The van der Waals surface area contributed by atoms with E-state index >= 15 is 0 Å². The lowest BCUT2D eigenvalue weighted by Crippen LogP contribution is -1.99. The summed E-state index contributed by atoms with van der Waals surface area (Å²) in [5.41, 5.74) is 24.8. The molecule has 0 spiro atoms. The van der Waals surface area contributed by atoms with Gasteiger partial charge < -0.3 is 18.7 Å². The number of aromatic nitrogens is 8. The highest BCUT2D eigenvalue weighted by molar-refractivity contribution is 9.10. The molecule has 0 amide bonds. The number of rotatable bonds is 11. The largest absolute Gasteiger partial charge is 0.354 e. The molecule has 0 atom stereocenters. The van der Waals surface area contributed by atoms with Gasteiger partial charge in [-0.05, 0) is 131 Å². The second-order valence-corrected chi connectivity index (χ2v) is 26.9. The Hall–Kier alpha value is -13.6. The maximum absolute atomic E-state index is 5.24. The number of benzene rings is 14. The average molecular weight is 1410 g/mol. The normalized spacial score (nSPS) is 11.3. The molecule has 0 saturated heterocycles. The highest BCUT2D eigenvalue weighted by Crippen LogP contribution is 2.42. The second-order valence-electron chi connectivity index (χ2n) is 26.0. The first kappa shape index (κ1) is 63.6. The van der Waals surface area contributed by atoms with E-state index in [9.17, 15) is 0 Å². The van der Waals surface area contributed by atoms with Crippen LogP contribution in [0.3, 0.4) is 0 Å². The van der Waals surface area contributed by atoms with Gasteiger partial charge in [0.25, 0.3) is 0 Å². The van der Waals surface area contributed by atoms with Crippen LogP contribution >= 0.6 is 15.9 Å². The van der Waals surface area contributed by atoms with Crippen LogP contribution in [0.1, 0.15) is 0 Å². The average Bonchev–Trinajstić information content (AvgIpc) is 1.57. The first-order chi connectivity index (χ1) is 52.0.